The first-order valence-electron chi connectivity index (χ1n) is 9.77. The number of Topliss-reactive ketones (excluding diaryl/α,β-unsaturated/α-hetero) is 1. The number of ketones is 1. The van der Waals surface area contributed by atoms with Crippen LogP contribution in [0.5, 0.6) is 0 Å². The van der Waals surface area contributed by atoms with E-state index in [4.69, 9.17) is 0 Å². The van der Waals surface area contributed by atoms with Gasteiger partial charge < -0.3 is 5.32 Å². The number of carbonyl (C=O) groups excluding carboxylic acids is 1. The van der Waals surface area contributed by atoms with Crippen LogP contribution in [0.2, 0.25) is 0 Å². The molecule has 1 aliphatic carbocycles. The summed E-state index contributed by atoms with van der Waals surface area (Å²) in [6, 6.07) is 4.32. The van der Waals surface area contributed by atoms with Gasteiger partial charge in [-0.05, 0) is 35.2 Å². The lowest BCUT2D eigenvalue weighted by molar-refractivity contribution is -0.117. The van der Waals surface area contributed by atoms with Gasteiger partial charge in [0.2, 0.25) is 0 Å². The third-order valence-corrected chi connectivity index (χ3v) is 5.09. The summed E-state index contributed by atoms with van der Waals surface area (Å²) in [6.07, 6.45) is 6.14. The highest BCUT2D eigenvalue weighted by atomic mass is 16.1. The minimum Gasteiger partial charge on any atom is -0.383 e. The second kappa shape index (κ2) is 7.06. The van der Waals surface area contributed by atoms with Gasteiger partial charge in [-0.15, -0.1) is 0 Å². The summed E-state index contributed by atoms with van der Waals surface area (Å²) in [5, 5.41) is 3.32. The Morgan fingerprint density at radius 1 is 0.815 bits per heavy atom. The molecule has 0 radical (unpaired) electrons. The van der Waals surface area contributed by atoms with E-state index in [1.807, 2.05) is 12.4 Å². The van der Waals surface area contributed by atoms with Crippen LogP contribution in [0.4, 0.5) is 5.69 Å². The molecule has 2 aromatic rings. The minimum atomic E-state index is 0.0701. The molecule has 1 aliphatic heterocycles. The van der Waals surface area contributed by atoms with Crippen LogP contribution in [0.1, 0.15) is 69.6 Å². The summed E-state index contributed by atoms with van der Waals surface area (Å²) in [6.45, 7) is 14.1. The average Bonchev–Trinajstić information content (AvgIpc) is 3.16. The molecule has 0 fully saturated rings. The first-order valence-corrected chi connectivity index (χ1v) is 9.77. The van der Waals surface area contributed by atoms with Gasteiger partial charge in [0.25, 0.3) is 0 Å². The molecule has 2 aliphatic rings. The molecule has 0 saturated heterocycles. The number of carbonyl (C=O) groups is 1. The highest BCUT2D eigenvalue weighted by Crippen LogP contribution is 2.27. The first kappa shape index (κ1) is 19.5. The Hall–Kier alpha value is -2.23. The summed E-state index contributed by atoms with van der Waals surface area (Å²) in [7, 11) is 0. The monoisotopic (exact) mass is 365 g/mol. The van der Waals surface area contributed by atoms with Gasteiger partial charge in [0.05, 0.1) is 11.9 Å². The lowest BCUT2D eigenvalue weighted by Gasteiger charge is -2.18. The van der Waals surface area contributed by atoms with E-state index in [2.05, 4.69) is 69.0 Å². The van der Waals surface area contributed by atoms with Gasteiger partial charge in [-0.1, -0.05) is 41.5 Å². The van der Waals surface area contributed by atoms with E-state index in [1.54, 1.807) is 0 Å². The van der Waals surface area contributed by atoms with Gasteiger partial charge in [0.1, 0.15) is 5.78 Å². The molecular formula is C23H31N3O. The van der Waals surface area contributed by atoms with Gasteiger partial charge >= 0.3 is 0 Å². The Morgan fingerprint density at radius 3 is 2.00 bits per heavy atom. The van der Waals surface area contributed by atoms with Gasteiger partial charge in [-0.2, -0.15) is 0 Å². The molecule has 3 heterocycles. The van der Waals surface area contributed by atoms with Crippen LogP contribution in [0.15, 0.2) is 24.5 Å². The largest absolute Gasteiger partial charge is 0.383 e. The molecule has 4 nitrogen and oxygen atoms in total. The van der Waals surface area contributed by atoms with Crippen LogP contribution in [-0.2, 0) is 34.9 Å². The van der Waals surface area contributed by atoms with Crippen molar-refractivity contribution < 1.29 is 4.79 Å². The summed E-state index contributed by atoms with van der Waals surface area (Å²) >= 11 is 0. The number of rotatable bonds is 0. The molecular weight excluding hydrogens is 334 g/mol. The Balaban J connectivity index is 0.000000156. The maximum absolute atomic E-state index is 11.2. The quantitative estimate of drug-likeness (QED) is 0.752. The number of aromatic nitrogens is 2. The van der Waals surface area contributed by atoms with Crippen molar-refractivity contribution in [1.82, 2.24) is 9.97 Å². The van der Waals surface area contributed by atoms with E-state index >= 15 is 0 Å². The fraction of sp³-hybridized carbons (Fsp3) is 0.522. The van der Waals surface area contributed by atoms with Crippen LogP contribution in [0, 0.1) is 0 Å². The normalized spacial score (nSPS) is 15.6. The lowest BCUT2D eigenvalue weighted by atomic mass is 9.90. The van der Waals surface area contributed by atoms with Crippen molar-refractivity contribution in [2.75, 3.05) is 11.9 Å². The Labute approximate surface area is 162 Å². The number of nitrogens with one attached hydrogen (secondary N) is 1. The molecule has 0 atom stereocenters. The fourth-order valence-corrected chi connectivity index (χ4v) is 3.35. The van der Waals surface area contributed by atoms with Crippen molar-refractivity contribution in [2.24, 2.45) is 0 Å². The number of hydrogen-bond donors (Lipinski definition) is 1. The molecule has 4 heteroatoms. The van der Waals surface area contributed by atoms with Crippen LogP contribution >= 0.6 is 0 Å². The van der Waals surface area contributed by atoms with Gasteiger partial charge in [0.15, 0.2) is 0 Å². The molecule has 1 N–H and O–H groups in total. The maximum atomic E-state index is 11.2. The molecule has 2 aromatic heterocycles. The molecule has 0 amide bonds. The summed E-state index contributed by atoms with van der Waals surface area (Å²) in [5.74, 6) is 0.313. The van der Waals surface area contributed by atoms with E-state index in [-0.39, 0.29) is 10.8 Å². The summed E-state index contributed by atoms with van der Waals surface area (Å²) in [5.41, 5.74) is 7.42. The molecule has 27 heavy (non-hydrogen) atoms. The van der Waals surface area contributed by atoms with E-state index in [1.165, 1.54) is 22.5 Å². The number of nitrogens with zero attached hydrogens (tertiary/aromatic N) is 2. The zero-order valence-electron chi connectivity index (χ0n) is 17.4. The molecule has 4 rings (SSSR count). The van der Waals surface area contributed by atoms with E-state index < -0.39 is 0 Å². The SMILES string of the molecule is CC(C)(C)c1cc2c(cn1)CC(=O)C2.CC(C)(C)c1cc2c(cn1)NCC2. The fourth-order valence-electron chi connectivity index (χ4n) is 3.35. The maximum Gasteiger partial charge on any atom is 0.141 e. The molecule has 0 aromatic carbocycles. The van der Waals surface area contributed by atoms with Crippen LogP contribution in [-0.4, -0.2) is 22.3 Å². The van der Waals surface area contributed by atoms with Crippen molar-refractivity contribution in [3.63, 3.8) is 0 Å². The van der Waals surface area contributed by atoms with E-state index in [0.717, 1.165) is 24.2 Å². The number of fused-ring (bicyclic) bond motifs is 2. The van der Waals surface area contributed by atoms with Crippen molar-refractivity contribution >= 4 is 11.5 Å². The summed E-state index contributed by atoms with van der Waals surface area (Å²) < 4.78 is 0. The topological polar surface area (TPSA) is 54.9 Å². The average molecular weight is 366 g/mol. The summed E-state index contributed by atoms with van der Waals surface area (Å²) in [4.78, 5) is 20.1. The van der Waals surface area contributed by atoms with Crippen LogP contribution < -0.4 is 5.32 Å². The number of pyridine rings is 2. The smallest absolute Gasteiger partial charge is 0.141 e. The molecule has 0 saturated carbocycles. The van der Waals surface area contributed by atoms with Crippen molar-refractivity contribution in [3.05, 3.63) is 52.6 Å². The molecule has 144 valence electrons. The zero-order chi connectivity index (χ0) is 19.8. The zero-order valence-corrected chi connectivity index (χ0v) is 17.4. The third kappa shape index (κ3) is 4.55. The Morgan fingerprint density at radius 2 is 1.37 bits per heavy atom. The van der Waals surface area contributed by atoms with Gasteiger partial charge in [-0.3, -0.25) is 14.8 Å². The molecule has 0 bridgehead atoms. The Bertz CT molecular complexity index is 857. The van der Waals surface area contributed by atoms with Gasteiger partial charge in [0, 0.05) is 47.8 Å². The Kier molecular flexibility index (Phi) is 5.11. The second-order valence-electron chi connectivity index (χ2n) is 9.63. The van der Waals surface area contributed by atoms with Crippen molar-refractivity contribution in [2.45, 2.75) is 71.6 Å². The third-order valence-electron chi connectivity index (χ3n) is 5.09. The predicted octanol–water partition coefficient (Wildman–Crippen LogP) is 4.39. The molecule has 0 unspecified atom stereocenters. The van der Waals surface area contributed by atoms with Crippen molar-refractivity contribution in [1.29, 1.82) is 0 Å². The van der Waals surface area contributed by atoms with Crippen LogP contribution in [0.3, 0.4) is 0 Å². The second-order valence-corrected chi connectivity index (χ2v) is 9.63. The number of anilines is 1. The minimum absolute atomic E-state index is 0.0701. The van der Waals surface area contributed by atoms with E-state index in [0.29, 0.717) is 18.6 Å². The van der Waals surface area contributed by atoms with E-state index in [9.17, 15) is 4.79 Å². The molecule has 0 spiro atoms. The highest BCUT2D eigenvalue weighted by Gasteiger charge is 2.22. The predicted molar refractivity (Wildman–Crippen MR) is 110 cm³/mol. The first-order chi connectivity index (χ1) is 12.5. The van der Waals surface area contributed by atoms with Gasteiger partial charge in [-0.25, -0.2) is 0 Å². The lowest BCUT2D eigenvalue weighted by Crippen LogP contribution is -2.13. The van der Waals surface area contributed by atoms with Crippen molar-refractivity contribution in [3.8, 4) is 0 Å². The van der Waals surface area contributed by atoms with Crippen LogP contribution in [0.25, 0.3) is 0 Å². The standard InChI is InChI=1S/C12H15NO.C11H16N2/c1-12(2,3)11-6-8-4-10(14)5-9(8)7-13-11;1-11(2,3)10-6-8-4-5-12-9(8)7-13-10/h6-7H,4-5H2,1-3H3;6-7,12H,4-5H2,1-3H3. The number of hydrogen-bond acceptors (Lipinski definition) is 4. The highest BCUT2D eigenvalue weighted by molar-refractivity contribution is 5.87.